The van der Waals surface area contributed by atoms with E-state index in [1.54, 1.807) is 18.2 Å². The van der Waals surface area contributed by atoms with Gasteiger partial charge in [0.2, 0.25) is 0 Å². The Morgan fingerprint density at radius 2 is 1.95 bits per heavy atom. The van der Waals surface area contributed by atoms with Crippen LogP contribution in [0, 0.1) is 16.7 Å². The number of ketones is 1. The number of allylic oxidation sites excluding steroid dienone is 1. The fraction of sp³-hybridized carbons (Fsp3) is 0.471. The van der Waals surface area contributed by atoms with E-state index >= 15 is 0 Å². The van der Waals surface area contributed by atoms with Crippen LogP contribution in [0.2, 0.25) is 0 Å². The highest BCUT2D eigenvalue weighted by molar-refractivity contribution is 7.85. The molecule has 0 aromatic heterocycles. The molecule has 4 nitrogen and oxygen atoms in total. The van der Waals surface area contributed by atoms with Crippen LogP contribution in [0.5, 0.6) is 0 Å². The number of benzene rings is 1. The first-order valence-corrected chi connectivity index (χ1v) is 8.84. The van der Waals surface area contributed by atoms with Crippen molar-refractivity contribution in [2.24, 2.45) is 16.7 Å². The molecule has 0 spiro atoms. The smallest absolute Gasteiger partial charge is 0.294 e. The Kier molecular flexibility index (Phi) is 3.17. The van der Waals surface area contributed by atoms with Gasteiger partial charge in [-0.05, 0) is 47.8 Å². The molecule has 3 rings (SSSR count). The maximum Gasteiger partial charge on any atom is 0.294 e. The number of fused-ring (bicyclic) bond motifs is 2. The number of Topliss-reactive ketones (excluding diaryl/α,β-unsaturated/α-hetero) is 1. The van der Waals surface area contributed by atoms with E-state index in [0.717, 1.165) is 12.8 Å². The fourth-order valence-corrected chi connectivity index (χ4v) is 5.23. The number of carbonyl (C=O) groups is 1. The molecule has 2 atom stereocenters. The first-order chi connectivity index (χ1) is 10.1. The number of rotatable bonds is 3. The summed E-state index contributed by atoms with van der Waals surface area (Å²) >= 11 is 0. The molecule has 2 aliphatic carbocycles. The van der Waals surface area contributed by atoms with Crippen LogP contribution in [-0.4, -0.2) is 18.8 Å². The normalized spacial score (nSPS) is 30.0. The summed E-state index contributed by atoms with van der Waals surface area (Å²) in [4.78, 5) is 12.7. The molecule has 2 unspecified atom stereocenters. The van der Waals surface area contributed by atoms with Crippen molar-refractivity contribution in [1.82, 2.24) is 0 Å². The zero-order chi connectivity index (χ0) is 16.3. The van der Waals surface area contributed by atoms with Crippen molar-refractivity contribution in [1.29, 1.82) is 0 Å². The largest absolute Gasteiger partial charge is 0.294 e. The minimum absolute atomic E-state index is 0.0545. The molecule has 2 fully saturated rings. The summed E-state index contributed by atoms with van der Waals surface area (Å²) in [6.45, 7) is 8.09. The molecule has 22 heavy (non-hydrogen) atoms. The molecule has 118 valence electrons. The molecular formula is C17H20O4S. The lowest BCUT2D eigenvalue weighted by molar-refractivity contribution is -0.126. The fourth-order valence-electron chi connectivity index (χ4n) is 4.51. The first-order valence-electron chi connectivity index (χ1n) is 7.40. The number of carbonyl (C=O) groups excluding carboxylic acids is 1. The maximum atomic E-state index is 12.8. The zero-order valence-electron chi connectivity index (χ0n) is 12.8. The van der Waals surface area contributed by atoms with Gasteiger partial charge in [-0.15, -0.1) is 0 Å². The molecular weight excluding hydrogens is 300 g/mol. The molecule has 1 aromatic rings. The van der Waals surface area contributed by atoms with E-state index in [1.165, 1.54) is 6.07 Å². The summed E-state index contributed by atoms with van der Waals surface area (Å²) in [5, 5.41) is 0. The minimum Gasteiger partial charge on any atom is -0.294 e. The Bertz CT molecular complexity index is 776. The Hall–Kier alpha value is -1.46. The first kappa shape index (κ1) is 15.4. The van der Waals surface area contributed by atoms with Crippen molar-refractivity contribution < 1.29 is 17.8 Å². The van der Waals surface area contributed by atoms with Gasteiger partial charge in [-0.2, -0.15) is 8.42 Å². The third-order valence-electron chi connectivity index (χ3n) is 5.85. The molecule has 2 aliphatic rings. The van der Waals surface area contributed by atoms with Crippen LogP contribution in [0.25, 0.3) is 0 Å². The second kappa shape index (κ2) is 4.52. The van der Waals surface area contributed by atoms with E-state index < -0.39 is 15.5 Å². The molecule has 2 saturated carbocycles. The Labute approximate surface area is 131 Å². The van der Waals surface area contributed by atoms with Gasteiger partial charge in [0.1, 0.15) is 0 Å². The van der Waals surface area contributed by atoms with Crippen molar-refractivity contribution in [3.05, 3.63) is 42.0 Å². The highest BCUT2D eigenvalue weighted by atomic mass is 32.2. The average molecular weight is 320 g/mol. The Morgan fingerprint density at radius 1 is 1.32 bits per heavy atom. The second-order valence-electron chi connectivity index (χ2n) is 7.01. The van der Waals surface area contributed by atoms with Crippen LogP contribution in [-0.2, 0) is 21.3 Å². The van der Waals surface area contributed by atoms with Crippen LogP contribution < -0.4 is 0 Å². The lowest BCUT2D eigenvalue weighted by Gasteiger charge is -2.36. The molecule has 5 heteroatoms. The van der Waals surface area contributed by atoms with Crippen molar-refractivity contribution in [2.75, 3.05) is 0 Å². The van der Waals surface area contributed by atoms with Crippen molar-refractivity contribution in [3.8, 4) is 0 Å². The van der Waals surface area contributed by atoms with Gasteiger partial charge in [0, 0.05) is 5.41 Å². The monoisotopic (exact) mass is 320 g/mol. The van der Waals surface area contributed by atoms with E-state index in [9.17, 15) is 17.8 Å². The van der Waals surface area contributed by atoms with Crippen molar-refractivity contribution in [3.63, 3.8) is 0 Å². The molecule has 2 bridgehead atoms. The summed E-state index contributed by atoms with van der Waals surface area (Å²) in [7, 11) is -4.30. The predicted molar refractivity (Wildman–Crippen MR) is 83.0 cm³/mol. The van der Waals surface area contributed by atoms with Crippen LogP contribution in [0.3, 0.4) is 0 Å². The minimum atomic E-state index is -4.30. The summed E-state index contributed by atoms with van der Waals surface area (Å²) in [6, 6.07) is 6.36. The molecule has 1 N–H and O–H groups in total. The van der Waals surface area contributed by atoms with Gasteiger partial charge >= 0.3 is 0 Å². The highest BCUT2D eigenvalue weighted by Crippen LogP contribution is 2.66. The third kappa shape index (κ3) is 1.85. The lowest BCUT2D eigenvalue weighted by Crippen LogP contribution is -2.38. The van der Waals surface area contributed by atoms with E-state index in [1.807, 2.05) is 0 Å². The molecule has 0 aliphatic heterocycles. The van der Waals surface area contributed by atoms with Gasteiger partial charge in [-0.25, -0.2) is 0 Å². The third-order valence-corrected chi connectivity index (χ3v) is 6.81. The van der Waals surface area contributed by atoms with Crippen LogP contribution >= 0.6 is 0 Å². The zero-order valence-corrected chi connectivity index (χ0v) is 13.6. The summed E-state index contributed by atoms with van der Waals surface area (Å²) in [5.74, 6) is 0.219. The van der Waals surface area contributed by atoms with Crippen LogP contribution in [0.1, 0.15) is 32.3 Å². The quantitative estimate of drug-likeness (QED) is 0.686. The maximum absolute atomic E-state index is 12.8. The number of hydrogen-bond donors (Lipinski definition) is 1. The van der Waals surface area contributed by atoms with Crippen molar-refractivity contribution >= 4 is 15.9 Å². The molecule has 0 amide bonds. The van der Waals surface area contributed by atoms with E-state index in [0.29, 0.717) is 17.6 Å². The predicted octanol–water partition coefficient (Wildman–Crippen LogP) is 3.04. The number of hydrogen-bond acceptors (Lipinski definition) is 3. The Balaban J connectivity index is 2.11. The van der Waals surface area contributed by atoms with E-state index in [-0.39, 0.29) is 22.0 Å². The SMILES string of the molecule is C=C1C(=O)C2(Cc3ccccc3S(=O)(=O)O)CCC1C2(C)C. The summed E-state index contributed by atoms with van der Waals surface area (Å²) in [6.07, 6.45) is 1.97. The van der Waals surface area contributed by atoms with Gasteiger partial charge < -0.3 is 0 Å². The summed E-state index contributed by atoms with van der Waals surface area (Å²) in [5.41, 5.74) is 0.311. The van der Waals surface area contributed by atoms with E-state index in [2.05, 4.69) is 20.4 Å². The average Bonchev–Trinajstić information content (AvgIpc) is 2.74. The van der Waals surface area contributed by atoms with Crippen molar-refractivity contribution in [2.45, 2.75) is 38.0 Å². The van der Waals surface area contributed by atoms with Gasteiger partial charge in [-0.1, -0.05) is 38.6 Å². The highest BCUT2D eigenvalue weighted by Gasteiger charge is 2.65. The molecule has 0 saturated heterocycles. The van der Waals surface area contributed by atoms with Gasteiger partial charge in [-0.3, -0.25) is 9.35 Å². The van der Waals surface area contributed by atoms with Gasteiger partial charge in [0.15, 0.2) is 5.78 Å². The molecule has 0 heterocycles. The van der Waals surface area contributed by atoms with Crippen LogP contribution in [0.4, 0.5) is 0 Å². The van der Waals surface area contributed by atoms with Crippen LogP contribution in [0.15, 0.2) is 41.3 Å². The standard InChI is InChI=1S/C17H20O4S/c1-11-13-8-9-17(15(11)18,16(13,2)3)10-12-6-4-5-7-14(12)22(19,20)21/h4-7,13H,1,8-10H2,2-3H3,(H,19,20,21). The molecule has 0 radical (unpaired) electrons. The molecule has 1 aromatic carbocycles. The van der Waals surface area contributed by atoms with Gasteiger partial charge in [0.25, 0.3) is 10.1 Å². The lowest BCUT2D eigenvalue weighted by atomic mass is 9.65. The Morgan fingerprint density at radius 3 is 2.50 bits per heavy atom. The van der Waals surface area contributed by atoms with Gasteiger partial charge in [0.05, 0.1) is 4.90 Å². The topological polar surface area (TPSA) is 71.4 Å². The van der Waals surface area contributed by atoms with E-state index in [4.69, 9.17) is 0 Å². The summed E-state index contributed by atoms with van der Waals surface area (Å²) < 4.78 is 32.6. The second-order valence-corrected chi connectivity index (χ2v) is 8.40.